The highest BCUT2D eigenvalue weighted by atomic mass is 15.2. The molecule has 1 unspecified atom stereocenters. The highest BCUT2D eigenvalue weighted by Gasteiger charge is 2.40. The average Bonchev–Trinajstić information content (AvgIpc) is 2.30. The Bertz CT molecular complexity index is 277. The Morgan fingerprint density at radius 1 is 1.35 bits per heavy atom. The molecular formula is C15H28N2. The summed E-state index contributed by atoms with van der Waals surface area (Å²) < 4.78 is 0. The zero-order chi connectivity index (χ0) is 12.9. The zero-order valence-electron chi connectivity index (χ0n) is 11.9. The van der Waals surface area contributed by atoms with Crippen molar-refractivity contribution in [1.82, 2.24) is 4.90 Å². The highest BCUT2D eigenvalue weighted by molar-refractivity contribution is 5.03. The van der Waals surface area contributed by atoms with Gasteiger partial charge in [-0.2, -0.15) is 0 Å². The molecule has 0 aliphatic heterocycles. The van der Waals surface area contributed by atoms with Crippen LogP contribution in [0.5, 0.6) is 0 Å². The van der Waals surface area contributed by atoms with Crippen molar-refractivity contribution in [3.05, 3.63) is 0 Å². The summed E-state index contributed by atoms with van der Waals surface area (Å²) in [6.45, 7) is 4.25. The normalized spacial score (nSPS) is 30.8. The maximum Gasteiger partial charge on any atom is 0.0354 e. The topological polar surface area (TPSA) is 29.3 Å². The Morgan fingerprint density at radius 2 is 1.94 bits per heavy atom. The van der Waals surface area contributed by atoms with Crippen molar-refractivity contribution < 1.29 is 0 Å². The monoisotopic (exact) mass is 236 g/mol. The lowest BCUT2D eigenvalue weighted by atomic mass is 9.71. The van der Waals surface area contributed by atoms with Gasteiger partial charge in [0.1, 0.15) is 0 Å². The van der Waals surface area contributed by atoms with Crippen LogP contribution in [0, 0.1) is 17.8 Å². The van der Waals surface area contributed by atoms with Gasteiger partial charge in [-0.3, -0.25) is 0 Å². The molecule has 0 aromatic rings. The summed E-state index contributed by atoms with van der Waals surface area (Å²) in [5.74, 6) is 6.96. The van der Waals surface area contributed by atoms with Crippen LogP contribution >= 0.6 is 0 Å². The van der Waals surface area contributed by atoms with Crippen molar-refractivity contribution in [2.24, 2.45) is 11.7 Å². The molecule has 1 rings (SSSR count). The first-order valence-corrected chi connectivity index (χ1v) is 6.85. The zero-order valence-corrected chi connectivity index (χ0v) is 11.9. The van der Waals surface area contributed by atoms with Crippen molar-refractivity contribution in [3.63, 3.8) is 0 Å². The minimum absolute atomic E-state index is 0.210. The van der Waals surface area contributed by atoms with E-state index in [1.54, 1.807) is 0 Å². The van der Waals surface area contributed by atoms with E-state index in [9.17, 15) is 0 Å². The van der Waals surface area contributed by atoms with Gasteiger partial charge in [0.2, 0.25) is 0 Å². The molecule has 0 spiro atoms. The molecule has 0 aromatic carbocycles. The first-order valence-electron chi connectivity index (χ1n) is 6.85. The molecule has 2 heteroatoms. The lowest BCUT2D eigenvalue weighted by Gasteiger charge is -2.48. The molecular weight excluding hydrogens is 208 g/mol. The van der Waals surface area contributed by atoms with Crippen LogP contribution in [-0.2, 0) is 0 Å². The fraction of sp³-hybridized carbons (Fsp3) is 0.867. The van der Waals surface area contributed by atoms with E-state index in [0.29, 0.717) is 0 Å². The lowest BCUT2D eigenvalue weighted by Crippen LogP contribution is -2.58. The first-order chi connectivity index (χ1) is 8.03. The van der Waals surface area contributed by atoms with Crippen LogP contribution in [-0.4, -0.2) is 30.6 Å². The van der Waals surface area contributed by atoms with Crippen molar-refractivity contribution in [2.45, 2.75) is 64.0 Å². The van der Waals surface area contributed by atoms with E-state index in [0.717, 1.165) is 18.8 Å². The molecule has 1 atom stereocenters. The highest BCUT2D eigenvalue weighted by Crippen LogP contribution is 2.38. The maximum atomic E-state index is 6.46. The smallest absolute Gasteiger partial charge is 0.0354 e. The molecule has 2 N–H and O–H groups in total. The van der Waals surface area contributed by atoms with E-state index in [-0.39, 0.29) is 11.6 Å². The predicted octanol–water partition coefficient (Wildman–Crippen LogP) is 2.63. The average molecular weight is 236 g/mol. The van der Waals surface area contributed by atoms with Crippen LogP contribution in [0.25, 0.3) is 0 Å². The summed E-state index contributed by atoms with van der Waals surface area (Å²) in [6, 6.07) is 0.255. The molecule has 2 nitrogen and oxygen atoms in total. The second-order valence-corrected chi connectivity index (χ2v) is 5.75. The van der Waals surface area contributed by atoms with Gasteiger partial charge in [-0.05, 0) is 59.0 Å². The molecule has 1 aliphatic rings. The number of likely N-dealkylation sites (N-methyl/N-ethyl adjacent to an activating group) is 1. The summed E-state index contributed by atoms with van der Waals surface area (Å²) in [5.41, 5.74) is 6.67. The maximum absolute atomic E-state index is 6.46. The molecule has 0 amide bonds. The third-order valence-corrected chi connectivity index (χ3v) is 4.48. The van der Waals surface area contributed by atoms with Crippen molar-refractivity contribution in [3.8, 4) is 11.8 Å². The summed E-state index contributed by atoms with van der Waals surface area (Å²) in [6.07, 6.45) is 7.05. The molecule has 1 fully saturated rings. The fourth-order valence-corrected chi connectivity index (χ4v) is 3.03. The Kier molecular flexibility index (Phi) is 5.49. The van der Waals surface area contributed by atoms with Gasteiger partial charge in [-0.15, -0.1) is 11.8 Å². The first kappa shape index (κ1) is 14.5. The Labute approximate surface area is 107 Å². The van der Waals surface area contributed by atoms with E-state index in [4.69, 9.17) is 5.73 Å². The van der Waals surface area contributed by atoms with Crippen LogP contribution < -0.4 is 5.73 Å². The van der Waals surface area contributed by atoms with Gasteiger partial charge >= 0.3 is 0 Å². The van der Waals surface area contributed by atoms with Gasteiger partial charge in [-0.25, -0.2) is 0 Å². The van der Waals surface area contributed by atoms with Crippen LogP contribution in [0.4, 0.5) is 0 Å². The quantitative estimate of drug-likeness (QED) is 0.760. The van der Waals surface area contributed by atoms with E-state index >= 15 is 0 Å². The molecule has 0 saturated heterocycles. The van der Waals surface area contributed by atoms with E-state index in [2.05, 4.69) is 37.8 Å². The number of nitrogens with two attached hydrogens (primary N) is 1. The number of nitrogens with zero attached hydrogens (tertiary/aromatic N) is 1. The number of rotatable bonds is 4. The van der Waals surface area contributed by atoms with Gasteiger partial charge in [0.05, 0.1) is 0 Å². The molecule has 1 saturated carbocycles. The van der Waals surface area contributed by atoms with E-state index < -0.39 is 0 Å². The molecule has 1 aliphatic carbocycles. The predicted molar refractivity (Wildman–Crippen MR) is 74.7 cm³/mol. The Hall–Kier alpha value is -0.520. The Balaban J connectivity index is 2.66. The van der Waals surface area contributed by atoms with Crippen molar-refractivity contribution >= 4 is 0 Å². The van der Waals surface area contributed by atoms with Gasteiger partial charge in [-0.1, -0.05) is 6.92 Å². The third-order valence-electron chi connectivity index (χ3n) is 4.48. The Morgan fingerprint density at radius 3 is 2.41 bits per heavy atom. The largest absolute Gasteiger partial charge is 0.326 e. The van der Waals surface area contributed by atoms with Gasteiger partial charge < -0.3 is 10.6 Å². The molecule has 0 radical (unpaired) electrons. The summed E-state index contributed by atoms with van der Waals surface area (Å²) in [5, 5.41) is 0. The van der Waals surface area contributed by atoms with Gasteiger partial charge in [0.15, 0.2) is 0 Å². The van der Waals surface area contributed by atoms with Gasteiger partial charge in [0.25, 0.3) is 0 Å². The number of hydrogen-bond donors (Lipinski definition) is 1. The third kappa shape index (κ3) is 3.47. The van der Waals surface area contributed by atoms with Crippen LogP contribution in [0.2, 0.25) is 0 Å². The molecule has 98 valence electrons. The minimum Gasteiger partial charge on any atom is -0.326 e. The lowest BCUT2D eigenvalue weighted by molar-refractivity contribution is 0.0545. The van der Waals surface area contributed by atoms with Crippen LogP contribution in [0.3, 0.4) is 0 Å². The summed E-state index contributed by atoms with van der Waals surface area (Å²) >= 11 is 0. The molecule has 0 heterocycles. The van der Waals surface area contributed by atoms with Gasteiger partial charge in [0, 0.05) is 18.0 Å². The second kappa shape index (κ2) is 6.42. The van der Waals surface area contributed by atoms with Crippen molar-refractivity contribution in [2.75, 3.05) is 14.1 Å². The van der Waals surface area contributed by atoms with E-state index in [1.807, 2.05) is 6.92 Å². The molecule has 17 heavy (non-hydrogen) atoms. The SMILES string of the molecule is CC#CCCC(N)C1(N(C)C)CCC(C)CC1. The van der Waals surface area contributed by atoms with E-state index in [1.165, 1.54) is 25.7 Å². The minimum atomic E-state index is 0.210. The van der Waals surface area contributed by atoms with Crippen LogP contribution in [0.1, 0.15) is 52.4 Å². The molecule has 0 bridgehead atoms. The fourth-order valence-electron chi connectivity index (χ4n) is 3.03. The van der Waals surface area contributed by atoms with Crippen LogP contribution in [0.15, 0.2) is 0 Å². The summed E-state index contributed by atoms with van der Waals surface area (Å²) in [4.78, 5) is 2.36. The van der Waals surface area contributed by atoms with Crippen molar-refractivity contribution in [1.29, 1.82) is 0 Å². The summed E-state index contributed by atoms with van der Waals surface area (Å²) in [7, 11) is 4.36. The second-order valence-electron chi connectivity index (χ2n) is 5.75. The standard InChI is InChI=1S/C15H28N2/c1-5-6-7-8-14(16)15(17(3)4)11-9-13(2)10-12-15/h13-14H,7-12,16H2,1-4H3. The molecule has 0 aromatic heterocycles. The number of hydrogen-bond acceptors (Lipinski definition) is 2.